The van der Waals surface area contributed by atoms with Gasteiger partial charge in [-0.2, -0.15) is 0 Å². The average molecular weight is 571 g/mol. The molecule has 4 aliphatic rings. The fourth-order valence-corrected chi connectivity index (χ4v) is 7.36. The van der Waals surface area contributed by atoms with E-state index >= 15 is 0 Å². The van der Waals surface area contributed by atoms with Crippen LogP contribution in [-0.4, -0.2) is 0 Å². The number of hydrogen-bond acceptors (Lipinski definition) is 0. The van der Waals surface area contributed by atoms with Crippen molar-refractivity contribution in [2.24, 2.45) is 59.2 Å². The van der Waals surface area contributed by atoms with Gasteiger partial charge in [-0.05, 0) is 84.9 Å². The maximum atomic E-state index is 2.53. The van der Waals surface area contributed by atoms with Crippen molar-refractivity contribution >= 4 is 0 Å². The van der Waals surface area contributed by atoms with Gasteiger partial charge in [0, 0.05) is 0 Å². The minimum absolute atomic E-state index is 0. The van der Waals surface area contributed by atoms with Crippen molar-refractivity contribution in [3.63, 3.8) is 0 Å². The Morgan fingerprint density at radius 1 is 0.448 bits per heavy atom. The maximum absolute atomic E-state index is 2.53. The Kier molecular flexibility index (Phi) is 17.6. The molecule has 0 aromatic rings. The molecule has 0 amide bonds. The first-order chi connectivity index (χ1) is 11.4. The summed E-state index contributed by atoms with van der Waals surface area (Å²) in [6.45, 7) is 14.5. The standard InChI is InChI=1S/C14H24.C10H20.4CH3.Hf/c1-10-6-7-12-9-8-11-4-2-3-5-13(11)14(10)12;1-6-7(2)9(4)10(5)8(6)3;;;;;/h10-14H,2-9H2,1H3;6-10H,1-5H3;4*1H3;/q;;4*-1;+4. The molecule has 0 aromatic heterocycles. The van der Waals surface area contributed by atoms with Gasteiger partial charge in [0.1, 0.15) is 0 Å². The Morgan fingerprint density at radius 3 is 1.31 bits per heavy atom. The van der Waals surface area contributed by atoms with Gasteiger partial charge in [-0.15, -0.1) is 0 Å². The Hall–Kier alpha value is 0.870. The third kappa shape index (κ3) is 7.18. The van der Waals surface area contributed by atoms with Crippen LogP contribution in [0, 0.1) is 88.9 Å². The zero-order chi connectivity index (χ0) is 17.4. The van der Waals surface area contributed by atoms with Crippen LogP contribution in [-0.2, 0) is 25.8 Å². The molecule has 0 nitrogen and oxygen atoms in total. The van der Waals surface area contributed by atoms with Crippen LogP contribution in [0.15, 0.2) is 0 Å². The molecule has 0 N–H and O–H groups in total. The number of hydrogen-bond donors (Lipinski definition) is 0. The zero-order valence-electron chi connectivity index (χ0n) is 21.9. The maximum Gasteiger partial charge on any atom is 4.00 e. The SMILES string of the molecule is CC1C(C)C(C)C(C)C1C.CC1CCC2CCC3CCCCC3C12.[CH3-].[CH3-].[CH3-].[CH3-].[Hf+4]. The van der Waals surface area contributed by atoms with E-state index < -0.39 is 0 Å². The van der Waals surface area contributed by atoms with E-state index in [-0.39, 0.29) is 55.5 Å². The normalized spacial score (nSPS) is 44.5. The van der Waals surface area contributed by atoms with Gasteiger partial charge in [0.25, 0.3) is 0 Å². The summed E-state index contributed by atoms with van der Waals surface area (Å²) >= 11 is 0. The van der Waals surface area contributed by atoms with E-state index in [1.165, 1.54) is 12.8 Å². The van der Waals surface area contributed by atoms with E-state index in [0.29, 0.717) is 0 Å². The van der Waals surface area contributed by atoms with Crippen molar-refractivity contribution in [2.75, 3.05) is 0 Å². The molecule has 0 aliphatic heterocycles. The van der Waals surface area contributed by atoms with E-state index in [9.17, 15) is 0 Å². The van der Waals surface area contributed by atoms with E-state index in [2.05, 4.69) is 41.5 Å². The van der Waals surface area contributed by atoms with Crippen LogP contribution in [0.5, 0.6) is 0 Å². The Bertz CT molecular complexity index is 360. The molecule has 1 heteroatoms. The first kappa shape index (κ1) is 34.5. The van der Waals surface area contributed by atoms with E-state index in [4.69, 9.17) is 0 Å². The van der Waals surface area contributed by atoms with Crippen LogP contribution in [0.1, 0.15) is 92.9 Å². The molecule has 0 radical (unpaired) electrons. The molecule has 4 fully saturated rings. The molecule has 0 saturated heterocycles. The van der Waals surface area contributed by atoms with Crippen LogP contribution in [0.4, 0.5) is 0 Å². The molecule has 0 bridgehead atoms. The molecule has 4 aliphatic carbocycles. The first-order valence-electron chi connectivity index (χ1n) is 11.4. The van der Waals surface area contributed by atoms with Crippen molar-refractivity contribution in [3.05, 3.63) is 29.7 Å². The largest absolute Gasteiger partial charge is 4.00 e. The summed E-state index contributed by atoms with van der Waals surface area (Å²) in [7, 11) is 0. The molecule has 172 valence electrons. The van der Waals surface area contributed by atoms with Crippen LogP contribution < -0.4 is 0 Å². The van der Waals surface area contributed by atoms with Gasteiger partial charge < -0.3 is 29.7 Å². The van der Waals surface area contributed by atoms with Gasteiger partial charge in [-0.3, -0.25) is 0 Å². The summed E-state index contributed by atoms with van der Waals surface area (Å²) in [6, 6.07) is 0. The predicted molar refractivity (Wildman–Crippen MR) is 132 cm³/mol. The van der Waals surface area contributed by atoms with E-state index in [1.807, 2.05) is 0 Å². The van der Waals surface area contributed by atoms with Gasteiger partial charge in [0.2, 0.25) is 0 Å². The summed E-state index contributed by atoms with van der Waals surface area (Å²) in [5.74, 6) is 10.3. The summed E-state index contributed by atoms with van der Waals surface area (Å²) in [5.41, 5.74) is 0. The fourth-order valence-electron chi connectivity index (χ4n) is 7.36. The molecule has 5 unspecified atom stereocenters. The van der Waals surface area contributed by atoms with Crippen LogP contribution in [0.25, 0.3) is 0 Å². The third-order valence-electron chi connectivity index (χ3n) is 9.71. The average Bonchev–Trinajstić information content (AvgIpc) is 3.06. The van der Waals surface area contributed by atoms with Crippen LogP contribution in [0.3, 0.4) is 0 Å². The monoisotopic (exact) mass is 572 g/mol. The molecule has 0 spiro atoms. The molecule has 29 heavy (non-hydrogen) atoms. The third-order valence-corrected chi connectivity index (χ3v) is 9.71. The van der Waals surface area contributed by atoms with Crippen LogP contribution >= 0.6 is 0 Å². The Morgan fingerprint density at radius 2 is 0.828 bits per heavy atom. The van der Waals surface area contributed by atoms with Crippen molar-refractivity contribution in [2.45, 2.75) is 92.9 Å². The molecule has 0 aromatic carbocycles. The molecule has 4 saturated carbocycles. The van der Waals surface area contributed by atoms with Crippen molar-refractivity contribution in [1.29, 1.82) is 0 Å². The van der Waals surface area contributed by atoms with E-state index in [0.717, 1.165) is 59.2 Å². The van der Waals surface area contributed by atoms with E-state index in [1.54, 1.807) is 38.5 Å². The van der Waals surface area contributed by atoms with Crippen molar-refractivity contribution in [1.82, 2.24) is 0 Å². The fraction of sp³-hybridized carbons (Fsp3) is 0.857. The summed E-state index contributed by atoms with van der Waals surface area (Å²) in [5, 5.41) is 0. The van der Waals surface area contributed by atoms with Gasteiger partial charge >= 0.3 is 25.8 Å². The molecular formula is C28H56Hf. The molecule has 4 rings (SSSR count). The smallest absolute Gasteiger partial charge is 0.358 e. The van der Waals surface area contributed by atoms with Gasteiger partial charge in [0.05, 0.1) is 0 Å². The minimum Gasteiger partial charge on any atom is -0.358 e. The summed E-state index contributed by atoms with van der Waals surface area (Å²) in [6.07, 6.45) is 12.5. The quantitative estimate of drug-likeness (QED) is 0.201. The summed E-state index contributed by atoms with van der Waals surface area (Å²) < 4.78 is 0. The Balaban J connectivity index is -0.000000414. The minimum atomic E-state index is 0. The number of fused-ring (bicyclic) bond motifs is 3. The Labute approximate surface area is 207 Å². The number of rotatable bonds is 0. The second kappa shape index (κ2) is 14.8. The van der Waals surface area contributed by atoms with Crippen molar-refractivity contribution < 1.29 is 25.8 Å². The van der Waals surface area contributed by atoms with Crippen LogP contribution in [0.2, 0.25) is 0 Å². The first-order valence-corrected chi connectivity index (χ1v) is 11.4. The van der Waals surface area contributed by atoms with Gasteiger partial charge in [-0.1, -0.05) is 67.2 Å². The zero-order valence-corrected chi connectivity index (χ0v) is 25.5. The van der Waals surface area contributed by atoms with Gasteiger partial charge in [-0.25, -0.2) is 0 Å². The molecular weight excluding hydrogens is 515 g/mol. The predicted octanol–water partition coefficient (Wildman–Crippen LogP) is 9.23. The molecule has 0 heterocycles. The van der Waals surface area contributed by atoms with Crippen molar-refractivity contribution in [3.8, 4) is 0 Å². The molecule has 5 atom stereocenters. The second-order valence-corrected chi connectivity index (χ2v) is 10.5. The second-order valence-electron chi connectivity index (χ2n) is 10.5. The van der Waals surface area contributed by atoms with Gasteiger partial charge in [0.15, 0.2) is 0 Å². The summed E-state index contributed by atoms with van der Waals surface area (Å²) in [4.78, 5) is 0. The topological polar surface area (TPSA) is 0 Å².